The molecule has 3 aromatic carbocycles. The van der Waals surface area contributed by atoms with Crippen molar-refractivity contribution in [2.24, 2.45) is 0 Å². The minimum absolute atomic E-state index is 0.153. The smallest absolute Gasteiger partial charge is 0.306 e. The molecule has 0 aromatic heterocycles. The SMILES string of the molecule is CCCCC(=O)OC(COCCC)COc1c2ccccc2c(OCC(COCCC)OC(=O)CCCC)c2ccccc12. The molecule has 2 unspecified atom stereocenters. The van der Waals surface area contributed by atoms with Crippen molar-refractivity contribution in [1.29, 1.82) is 0 Å². The Morgan fingerprint density at radius 1 is 0.545 bits per heavy atom. The second-order valence-electron chi connectivity index (χ2n) is 11.0. The van der Waals surface area contributed by atoms with Crippen LogP contribution in [0.5, 0.6) is 11.5 Å². The molecule has 8 nitrogen and oxygen atoms in total. The first-order chi connectivity index (χ1) is 21.5. The van der Waals surface area contributed by atoms with E-state index in [1.54, 1.807) is 0 Å². The van der Waals surface area contributed by atoms with Gasteiger partial charge in [-0.1, -0.05) is 89.1 Å². The first-order valence-electron chi connectivity index (χ1n) is 16.3. The van der Waals surface area contributed by atoms with Crippen molar-refractivity contribution in [3.05, 3.63) is 48.5 Å². The Hall–Kier alpha value is -3.36. The Balaban J connectivity index is 1.89. The molecule has 3 rings (SSSR count). The molecule has 44 heavy (non-hydrogen) atoms. The zero-order valence-corrected chi connectivity index (χ0v) is 26.9. The van der Waals surface area contributed by atoms with Gasteiger partial charge in [0.2, 0.25) is 0 Å². The summed E-state index contributed by atoms with van der Waals surface area (Å²) in [7, 11) is 0. The molecule has 242 valence electrons. The van der Waals surface area contributed by atoms with E-state index in [2.05, 4.69) is 0 Å². The molecule has 0 aliphatic carbocycles. The fourth-order valence-corrected chi connectivity index (χ4v) is 4.79. The standard InChI is InChI=1S/C36H50O8/c1-5-9-19-33(37)43-27(23-39-21-7-3)25-41-35-29-15-11-13-17-31(29)36(32-18-14-12-16-30(32)35)42-26-28(24-40-22-8-4)44-34(38)20-10-6-2/h11-18,27-28H,5-10,19-26H2,1-4H3. The molecule has 3 aromatic rings. The summed E-state index contributed by atoms with van der Waals surface area (Å²) in [6, 6.07) is 15.8. The van der Waals surface area contributed by atoms with Crippen LogP contribution in [0.4, 0.5) is 0 Å². The minimum Gasteiger partial charge on any atom is -0.488 e. The van der Waals surface area contributed by atoms with Crippen LogP contribution in [0.2, 0.25) is 0 Å². The van der Waals surface area contributed by atoms with Crippen LogP contribution in [0.3, 0.4) is 0 Å². The maximum Gasteiger partial charge on any atom is 0.306 e. The highest BCUT2D eigenvalue weighted by molar-refractivity contribution is 6.11. The molecule has 0 amide bonds. The number of carbonyl (C=O) groups is 2. The predicted octanol–water partition coefficient (Wildman–Crippen LogP) is 7.81. The second-order valence-corrected chi connectivity index (χ2v) is 11.0. The van der Waals surface area contributed by atoms with E-state index in [-0.39, 0.29) is 38.4 Å². The van der Waals surface area contributed by atoms with Gasteiger partial charge in [-0.15, -0.1) is 0 Å². The Kier molecular flexibility index (Phi) is 15.8. The van der Waals surface area contributed by atoms with Crippen LogP contribution in [-0.4, -0.2) is 63.8 Å². The third-order valence-electron chi connectivity index (χ3n) is 7.03. The molecule has 0 heterocycles. The van der Waals surface area contributed by atoms with E-state index in [1.807, 2.05) is 76.2 Å². The van der Waals surface area contributed by atoms with Crippen LogP contribution < -0.4 is 9.47 Å². The van der Waals surface area contributed by atoms with Crippen LogP contribution in [0, 0.1) is 0 Å². The first kappa shape index (κ1) is 35.1. The summed E-state index contributed by atoms with van der Waals surface area (Å²) >= 11 is 0. The lowest BCUT2D eigenvalue weighted by molar-refractivity contribution is -0.155. The maximum absolute atomic E-state index is 12.5. The third-order valence-corrected chi connectivity index (χ3v) is 7.03. The van der Waals surface area contributed by atoms with Crippen molar-refractivity contribution < 1.29 is 38.0 Å². The maximum atomic E-state index is 12.5. The molecular weight excluding hydrogens is 560 g/mol. The molecule has 0 saturated carbocycles. The van der Waals surface area contributed by atoms with Gasteiger partial charge in [-0.25, -0.2) is 0 Å². The lowest BCUT2D eigenvalue weighted by Crippen LogP contribution is -2.30. The molecule has 0 N–H and O–H groups in total. The van der Waals surface area contributed by atoms with Gasteiger partial charge in [0.05, 0.1) is 13.2 Å². The van der Waals surface area contributed by atoms with Gasteiger partial charge in [-0.05, 0) is 25.7 Å². The molecule has 0 spiro atoms. The van der Waals surface area contributed by atoms with E-state index >= 15 is 0 Å². The summed E-state index contributed by atoms with van der Waals surface area (Å²) < 4.78 is 36.0. The van der Waals surface area contributed by atoms with Gasteiger partial charge >= 0.3 is 11.9 Å². The zero-order chi connectivity index (χ0) is 31.6. The number of hydrogen-bond donors (Lipinski definition) is 0. The Labute approximate surface area is 262 Å². The van der Waals surface area contributed by atoms with Gasteiger partial charge in [-0.3, -0.25) is 9.59 Å². The summed E-state index contributed by atoms with van der Waals surface area (Å²) in [6.07, 6.45) is 4.82. The number of rotatable bonds is 22. The van der Waals surface area contributed by atoms with Crippen molar-refractivity contribution in [3.8, 4) is 11.5 Å². The number of esters is 2. The number of unbranched alkanes of at least 4 members (excludes halogenated alkanes) is 2. The number of hydrogen-bond acceptors (Lipinski definition) is 8. The van der Waals surface area contributed by atoms with Gasteiger partial charge < -0.3 is 28.4 Å². The van der Waals surface area contributed by atoms with Gasteiger partial charge in [0.25, 0.3) is 0 Å². The highest BCUT2D eigenvalue weighted by Gasteiger charge is 2.22. The van der Waals surface area contributed by atoms with Gasteiger partial charge in [0.1, 0.15) is 24.7 Å². The number of ether oxygens (including phenoxy) is 6. The predicted molar refractivity (Wildman–Crippen MR) is 173 cm³/mol. The monoisotopic (exact) mass is 610 g/mol. The molecule has 0 saturated heterocycles. The molecule has 0 fully saturated rings. The van der Waals surface area contributed by atoms with E-state index in [0.29, 0.717) is 37.6 Å². The second kappa shape index (κ2) is 19.8. The molecule has 8 heteroatoms. The average molecular weight is 611 g/mol. The largest absolute Gasteiger partial charge is 0.488 e. The normalized spacial score (nSPS) is 12.6. The van der Waals surface area contributed by atoms with Crippen molar-refractivity contribution in [3.63, 3.8) is 0 Å². The summed E-state index contributed by atoms with van der Waals surface area (Å²) in [5, 5.41) is 3.46. The van der Waals surface area contributed by atoms with E-state index < -0.39 is 12.2 Å². The minimum atomic E-state index is -0.536. The molecule has 0 bridgehead atoms. The summed E-state index contributed by atoms with van der Waals surface area (Å²) in [4.78, 5) is 24.9. The highest BCUT2D eigenvalue weighted by Crippen LogP contribution is 2.42. The Morgan fingerprint density at radius 2 is 0.909 bits per heavy atom. The van der Waals surface area contributed by atoms with Gasteiger partial charge in [-0.2, -0.15) is 0 Å². The molecular formula is C36H50O8. The Bertz CT molecular complexity index is 1130. The molecule has 2 atom stereocenters. The quantitative estimate of drug-likeness (QED) is 0.0647. The van der Waals surface area contributed by atoms with Crippen molar-refractivity contribution in [2.45, 2.75) is 91.3 Å². The van der Waals surface area contributed by atoms with Crippen molar-refractivity contribution >= 4 is 33.5 Å². The summed E-state index contributed by atoms with van der Waals surface area (Å²) in [5.74, 6) is 0.878. The fourth-order valence-electron chi connectivity index (χ4n) is 4.79. The summed E-state index contributed by atoms with van der Waals surface area (Å²) in [6.45, 7) is 10.2. The molecule has 0 aliphatic rings. The van der Waals surface area contributed by atoms with Gasteiger partial charge in [0.15, 0.2) is 12.2 Å². The van der Waals surface area contributed by atoms with E-state index in [0.717, 1.165) is 60.1 Å². The van der Waals surface area contributed by atoms with Crippen LogP contribution >= 0.6 is 0 Å². The summed E-state index contributed by atoms with van der Waals surface area (Å²) in [5.41, 5.74) is 0. The van der Waals surface area contributed by atoms with Crippen LogP contribution in [0.15, 0.2) is 48.5 Å². The van der Waals surface area contributed by atoms with E-state index in [1.165, 1.54) is 0 Å². The van der Waals surface area contributed by atoms with E-state index in [4.69, 9.17) is 28.4 Å². The lowest BCUT2D eigenvalue weighted by atomic mass is 10.0. The van der Waals surface area contributed by atoms with Crippen LogP contribution in [0.1, 0.15) is 79.1 Å². The van der Waals surface area contributed by atoms with Crippen molar-refractivity contribution in [1.82, 2.24) is 0 Å². The molecule has 0 aliphatic heterocycles. The first-order valence-corrected chi connectivity index (χ1v) is 16.3. The highest BCUT2D eigenvalue weighted by atomic mass is 16.6. The van der Waals surface area contributed by atoms with Crippen LogP contribution in [-0.2, 0) is 28.5 Å². The van der Waals surface area contributed by atoms with Crippen LogP contribution in [0.25, 0.3) is 21.5 Å². The zero-order valence-electron chi connectivity index (χ0n) is 26.9. The fraction of sp³-hybridized carbons (Fsp3) is 0.556. The van der Waals surface area contributed by atoms with Gasteiger partial charge in [0, 0.05) is 47.6 Å². The number of benzene rings is 3. The van der Waals surface area contributed by atoms with Crippen molar-refractivity contribution in [2.75, 3.05) is 39.6 Å². The van der Waals surface area contributed by atoms with E-state index in [9.17, 15) is 9.59 Å². The Morgan fingerprint density at radius 3 is 1.23 bits per heavy atom. The average Bonchev–Trinajstić information content (AvgIpc) is 3.04. The third kappa shape index (κ3) is 11.0. The lowest BCUT2D eigenvalue weighted by Gasteiger charge is -2.23. The number of carbonyl (C=O) groups excluding carboxylic acids is 2. The number of fused-ring (bicyclic) bond motifs is 2. The topological polar surface area (TPSA) is 89.5 Å². The molecule has 0 radical (unpaired) electrons.